The zero-order chi connectivity index (χ0) is 21.0. The lowest BCUT2D eigenvalue weighted by Crippen LogP contribution is -2.21. The van der Waals surface area contributed by atoms with Gasteiger partial charge in [-0.2, -0.15) is 11.3 Å². The molecule has 8 heteroatoms. The van der Waals surface area contributed by atoms with Gasteiger partial charge < -0.3 is 24.5 Å². The van der Waals surface area contributed by atoms with Crippen LogP contribution in [0.1, 0.15) is 23.5 Å². The third kappa shape index (κ3) is 2.81. The first-order chi connectivity index (χ1) is 14.4. The predicted molar refractivity (Wildman–Crippen MR) is 109 cm³/mol. The van der Waals surface area contributed by atoms with Crippen LogP contribution in [-0.2, 0) is 4.79 Å². The van der Waals surface area contributed by atoms with Crippen LogP contribution in [0.3, 0.4) is 0 Å². The highest BCUT2D eigenvalue weighted by Crippen LogP contribution is 2.46. The molecule has 2 aromatic carbocycles. The van der Waals surface area contributed by atoms with Crippen molar-refractivity contribution in [3.63, 3.8) is 0 Å². The van der Waals surface area contributed by atoms with E-state index in [0.29, 0.717) is 11.1 Å². The lowest BCUT2D eigenvalue weighted by Gasteiger charge is -2.25. The average molecular weight is 422 g/mol. The van der Waals surface area contributed by atoms with Crippen molar-refractivity contribution in [2.75, 3.05) is 0 Å². The van der Waals surface area contributed by atoms with Gasteiger partial charge in [0.15, 0.2) is 16.9 Å². The summed E-state index contributed by atoms with van der Waals surface area (Å²) in [6, 6.07) is 8.39. The maximum absolute atomic E-state index is 12.9. The second-order valence-corrected chi connectivity index (χ2v) is 7.76. The molecule has 2 aromatic heterocycles. The third-order valence-corrected chi connectivity index (χ3v) is 5.83. The van der Waals surface area contributed by atoms with E-state index in [1.165, 1.54) is 41.7 Å². The molecular weight excluding hydrogens is 408 g/mol. The summed E-state index contributed by atoms with van der Waals surface area (Å²) >= 11 is 1.48. The van der Waals surface area contributed by atoms with Gasteiger partial charge in [0.05, 0.1) is 6.42 Å². The number of carbonyl (C=O) groups is 1. The number of benzene rings is 2. The van der Waals surface area contributed by atoms with E-state index in [4.69, 9.17) is 9.15 Å². The summed E-state index contributed by atoms with van der Waals surface area (Å²) in [6.45, 7) is 0. The maximum Gasteiger partial charge on any atom is 0.312 e. The standard InChI is InChI=1S/C22H14O7S/c23-13-2-1-10(5-14(13)24)17-7-15(25)21-16(26)8-18-20(22(21)29-17)12(6-19(27)28-18)11-3-4-30-9-11/h1-5,7-9,12,23-24,26H,6H2/t12-/m1/s1. The molecule has 0 saturated heterocycles. The Hall–Kier alpha value is -3.78. The minimum atomic E-state index is -0.486. The number of fused-ring (bicyclic) bond motifs is 3. The molecule has 3 N–H and O–H groups in total. The van der Waals surface area contributed by atoms with Crippen molar-refractivity contribution >= 4 is 28.3 Å². The Bertz CT molecular complexity index is 1370. The number of esters is 1. The van der Waals surface area contributed by atoms with E-state index in [1.54, 1.807) is 0 Å². The third-order valence-electron chi connectivity index (χ3n) is 5.13. The van der Waals surface area contributed by atoms with Crippen molar-refractivity contribution in [1.82, 2.24) is 0 Å². The second-order valence-electron chi connectivity index (χ2n) is 6.98. The molecule has 150 valence electrons. The molecular formula is C22H14O7S. The van der Waals surface area contributed by atoms with E-state index in [2.05, 4.69) is 0 Å². The van der Waals surface area contributed by atoms with Crippen molar-refractivity contribution < 1.29 is 29.3 Å². The fourth-order valence-corrected chi connectivity index (χ4v) is 4.45. The molecule has 4 aromatic rings. The first kappa shape index (κ1) is 18.3. The summed E-state index contributed by atoms with van der Waals surface area (Å²) < 4.78 is 11.4. The van der Waals surface area contributed by atoms with E-state index in [0.717, 1.165) is 5.56 Å². The van der Waals surface area contributed by atoms with Crippen molar-refractivity contribution in [2.45, 2.75) is 12.3 Å². The second kappa shape index (κ2) is 6.64. The molecule has 0 bridgehead atoms. The zero-order valence-electron chi connectivity index (χ0n) is 15.3. The number of rotatable bonds is 2. The zero-order valence-corrected chi connectivity index (χ0v) is 16.1. The molecule has 30 heavy (non-hydrogen) atoms. The van der Waals surface area contributed by atoms with Gasteiger partial charge in [-0.15, -0.1) is 0 Å². The van der Waals surface area contributed by atoms with E-state index in [1.807, 2.05) is 16.8 Å². The summed E-state index contributed by atoms with van der Waals surface area (Å²) in [5, 5.41) is 33.6. The Balaban J connectivity index is 1.83. The number of hydrogen-bond acceptors (Lipinski definition) is 8. The topological polar surface area (TPSA) is 117 Å². The van der Waals surface area contributed by atoms with Gasteiger partial charge in [-0.05, 0) is 40.6 Å². The Morgan fingerprint density at radius 3 is 2.53 bits per heavy atom. The Kier molecular flexibility index (Phi) is 4.04. The van der Waals surface area contributed by atoms with E-state index in [-0.39, 0.29) is 46.1 Å². The summed E-state index contributed by atoms with van der Waals surface area (Å²) in [5.41, 5.74) is 1.37. The Morgan fingerprint density at radius 2 is 1.80 bits per heavy atom. The van der Waals surface area contributed by atoms with Gasteiger partial charge in [-0.25, -0.2) is 0 Å². The van der Waals surface area contributed by atoms with E-state index < -0.39 is 17.3 Å². The van der Waals surface area contributed by atoms with Crippen LogP contribution < -0.4 is 10.2 Å². The largest absolute Gasteiger partial charge is 0.507 e. The molecule has 0 fully saturated rings. The number of aromatic hydroxyl groups is 3. The number of ether oxygens (including phenoxy) is 1. The van der Waals surface area contributed by atoms with Crippen LogP contribution in [0.4, 0.5) is 0 Å². The lowest BCUT2D eigenvalue weighted by atomic mass is 9.86. The van der Waals surface area contributed by atoms with Crippen molar-refractivity contribution in [3.8, 4) is 34.3 Å². The fraction of sp³-hybridized carbons (Fsp3) is 0.0909. The van der Waals surface area contributed by atoms with Crippen LogP contribution in [0.15, 0.2) is 56.4 Å². The molecule has 0 saturated carbocycles. The van der Waals surface area contributed by atoms with Crippen LogP contribution in [0, 0.1) is 0 Å². The molecule has 0 spiro atoms. The molecule has 7 nitrogen and oxygen atoms in total. The Morgan fingerprint density at radius 1 is 0.967 bits per heavy atom. The van der Waals surface area contributed by atoms with Gasteiger partial charge in [0.1, 0.15) is 28.2 Å². The normalized spacial score (nSPS) is 15.7. The van der Waals surface area contributed by atoms with Gasteiger partial charge in [-0.1, -0.05) is 0 Å². The average Bonchev–Trinajstić information content (AvgIpc) is 3.23. The molecule has 0 aliphatic carbocycles. The smallest absolute Gasteiger partial charge is 0.312 e. The van der Waals surface area contributed by atoms with Crippen molar-refractivity contribution in [2.24, 2.45) is 0 Å². The maximum atomic E-state index is 12.9. The molecule has 0 amide bonds. The lowest BCUT2D eigenvalue weighted by molar-refractivity contribution is -0.135. The van der Waals surface area contributed by atoms with Gasteiger partial charge in [0.2, 0.25) is 0 Å². The number of phenolic OH excluding ortho intramolecular Hbond substituents is 3. The van der Waals surface area contributed by atoms with Gasteiger partial charge in [0, 0.05) is 29.2 Å². The van der Waals surface area contributed by atoms with Gasteiger partial charge in [-0.3, -0.25) is 9.59 Å². The minimum Gasteiger partial charge on any atom is -0.507 e. The van der Waals surface area contributed by atoms with Gasteiger partial charge in [0.25, 0.3) is 0 Å². The molecule has 3 heterocycles. The highest BCUT2D eigenvalue weighted by Gasteiger charge is 2.33. The summed E-state index contributed by atoms with van der Waals surface area (Å²) in [7, 11) is 0. The highest BCUT2D eigenvalue weighted by molar-refractivity contribution is 7.08. The van der Waals surface area contributed by atoms with Crippen molar-refractivity contribution in [1.29, 1.82) is 0 Å². The highest BCUT2D eigenvalue weighted by atomic mass is 32.1. The number of thiophene rings is 1. The number of phenols is 3. The van der Waals surface area contributed by atoms with Crippen LogP contribution in [0.25, 0.3) is 22.3 Å². The summed E-state index contributed by atoms with van der Waals surface area (Å²) in [6.07, 6.45) is 0.0670. The molecule has 1 aliphatic rings. The predicted octanol–water partition coefficient (Wildman–Crippen LogP) is 4.08. The first-order valence-electron chi connectivity index (χ1n) is 9.01. The summed E-state index contributed by atoms with van der Waals surface area (Å²) in [5.74, 6) is -1.59. The van der Waals surface area contributed by atoms with Gasteiger partial charge >= 0.3 is 5.97 Å². The van der Waals surface area contributed by atoms with E-state index >= 15 is 0 Å². The molecule has 0 radical (unpaired) electrons. The molecule has 5 rings (SSSR count). The van der Waals surface area contributed by atoms with Crippen molar-refractivity contribution in [3.05, 3.63) is 68.5 Å². The number of carbonyl (C=O) groups excluding carboxylic acids is 1. The minimum absolute atomic E-state index is 0.0151. The Labute approximate surface area is 173 Å². The quantitative estimate of drug-likeness (QED) is 0.253. The first-order valence-corrected chi connectivity index (χ1v) is 9.95. The van der Waals surface area contributed by atoms with E-state index in [9.17, 15) is 24.9 Å². The van der Waals surface area contributed by atoms with Crippen LogP contribution in [0.5, 0.6) is 23.0 Å². The monoisotopic (exact) mass is 422 g/mol. The summed E-state index contributed by atoms with van der Waals surface area (Å²) in [4.78, 5) is 25.0. The molecule has 0 unspecified atom stereocenters. The SMILES string of the molecule is O=C1C[C@H](c2ccsc2)c2c(cc(O)c3c(=O)cc(-c4ccc(O)c(O)c4)oc23)O1. The number of hydrogen-bond donors (Lipinski definition) is 3. The van der Waals surface area contributed by atoms with Crippen LogP contribution in [-0.4, -0.2) is 21.3 Å². The van der Waals surface area contributed by atoms with Crippen LogP contribution in [0.2, 0.25) is 0 Å². The molecule has 1 aliphatic heterocycles. The van der Waals surface area contributed by atoms with Crippen LogP contribution >= 0.6 is 11.3 Å². The molecule has 1 atom stereocenters. The fourth-order valence-electron chi connectivity index (χ4n) is 3.74.